The molecule has 4 heteroatoms. The fraction of sp³-hybridized carbons (Fsp3) is 0.667. The van der Waals surface area contributed by atoms with Crippen molar-refractivity contribution in [2.75, 3.05) is 11.5 Å². The molecule has 2 rings (SSSR count). The first-order valence-corrected chi connectivity index (χ1v) is 6.07. The van der Waals surface area contributed by atoms with E-state index in [9.17, 15) is 0 Å². The van der Waals surface area contributed by atoms with Crippen LogP contribution in [0, 0.1) is 0 Å². The summed E-state index contributed by atoms with van der Waals surface area (Å²) in [5.74, 6) is 3.22. The predicted molar refractivity (Wildman–Crippen MR) is 57.5 cm³/mol. The molecule has 1 fully saturated rings. The van der Waals surface area contributed by atoms with Crippen LogP contribution in [0.5, 0.6) is 0 Å². The molecule has 1 aromatic heterocycles. The van der Waals surface area contributed by atoms with E-state index < -0.39 is 0 Å². The molecule has 72 valence electrons. The van der Waals surface area contributed by atoms with E-state index in [2.05, 4.69) is 4.98 Å². The van der Waals surface area contributed by atoms with Crippen molar-refractivity contribution in [2.45, 2.75) is 18.8 Å². The number of halogens is 1. The van der Waals surface area contributed by atoms with Gasteiger partial charge in [-0.25, -0.2) is 4.98 Å². The minimum atomic E-state index is 0.605. The predicted octanol–water partition coefficient (Wildman–Crippen LogP) is 2.68. The summed E-state index contributed by atoms with van der Waals surface area (Å²) in [4.78, 5) is 4.11. The molecule has 0 unspecified atom stereocenters. The Kier molecular flexibility index (Phi) is 2.84. The van der Waals surface area contributed by atoms with Gasteiger partial charge < -0.3 is 4.57 Å². The van der Waals surface area contributed by atoms with E-state index in [1.54, 1.807) is 0 Å². The second kappa shape index (κ2) is 3.93. The van der Waals surface area contributed by atoms with E-state index in [-0.39, 0.29) is 0 Å². The van der Waals surface area contributed by atoms with Crippen molar-refractivity contribution in [1.82, 2.24) is 9.55 Å². The normalized spacial score (nSPS) is 19.2. The van der Waals surface area contributed by atoms with Gasteiger partial charge in [0.05, 0.1) is 6.20 Å². The molecule has 0 saturated carbocycles. The highest BCUT2D eigenvalue weighted by Crippen LogP contribution is 2.31. The second-order valence-electron chi connectivity index (χ2n) is 3.40. The quantitative estimate of drug-likeness (QED) is 0.719. The van der Waals surface area contributed by atoms with Gasteiger partial charge in [-0.05, 0) is 35.9 Å². The van der Waals surface area contributed by atoms with Crippen LogP contribution in [0.4, 0.5) is 0 Å². The lowest BCUT2D eigenvalue weighted by molar-refractivity contribution is 0.594. The van der Waals surface area contributed by atoms with Gasteiger partial charge in [-0.3, -0.25) is 0 Å². The van der Waals surface area contributed by atoms with Crippen LogP contribution in [-0.2, 0) is 7.05 Å². The van der Waals surface area contributed by atoms with Crippen LogP contribution in [0.1, 0.15) is 24.5 Å². The number of nitrogens with zero attached hydrogens (tertiary/aromatic N) is 2. The molecule has 0 bridgehead atoms. The number of aromatic nitrogens is 2. The number of hydrogen-bond acceptors (Lipinski definition) is 2. The summed E-state index contributed by atoms with van der Waals surface area (Å²) < 4.78 is 2.00. The topological polar surface area (TPSA) is 17.8 Å². The largest absolute Gasteiger partial charge is 0.322 e. The summed E-state index contributed by atoms with van der Waals surface area (Å²) >= 11 is 7.94. The van der Waals surface area contributed by atoms with Gasteiger partial charge in [0.2, 0.25) is 5.28 Å². The molecular weight excluding hydrogens is 204 g/mol. The van der Waals surface area contributed by atoms with Gasteiger partial charge in [0.1, 0.15) is 0 Å². The molecule has 1 saturated heterocycles. The highest BCUT2D eigenvalue weighted by atomic mass is 35.5. The van der Waals surface area contributed by atoms with Crippen molar-refractivity contribution in [3.05, 3.63) is 17.2 Å². The van der Waals surface area contributed by atoms with E-state index in [0.717, 1.165) is 0 Å². The molecule has 0 N–H and O–H groups in total. The van der Waals surface area contributed by atoms with Crippen LogP contribution in [0.2, 0.25) is 5.28 Å². The molecule has 0 radical (unpaired) electrons. The Morgan fingerprint density at radius 1 is 1.54 bits per heavy atom. The van der Waals surface area contributed by atoms with E-state index in [1.165, 1.54) is 30.0 Å². The second-order valence-corrected chi connectivity index (χ2v) is 4.96. The maximum Gasteiger partial charge on any atom is 0.202 e. The summed E-state index contributed by atoms with van der Waals surface area (Å²) in [6, 6.07) is 0. The van der Waals surface area contributed by atoms with Gasteiger partial charge in [-0.15, -0.1) is 0 Å². The van der Waals surface area contributed by atoms with Gasteiger partial charge in [0.25, 0.3) is 0 Å². The van der Waals surface area contributed by atoms with Crippen LogP contribution >= 0.6 is 23.4 Å². The monoisotopic (exact) mass is 216 g/mol. The standard InChI is InChI=1S/C9H13ClN2S/c1-12-8(6-11-9(12)10)7-2-4-13-5-3-7/h6-7H,2-5H2,1H3. The fourth-order valence-electron chi connectivity index (χ4n) is 1.77. The first-order valence-electron chi connectivity index (χ1n) is 4.54. The van der Waals surface area contributed by atoms with Crippen molar-refractivity contribution in [3.63, 3.8) is 0 Å². The minimum absolute atomic E-state index is 0.605. The number of thioether (sulfide) groups is 1. The smallest absolute Gasteiger partial charge is 0.202 e. The molecule has 13 heavy (non-hydrogen) atoms. The lowest BCUT2D eigenvalue weighted by Gasteiger charge is -2.21. The van der Waals surface area contributed by atoms with Crippen molar-refractivity contribution in [3.8, 4) is 0 Å². The molecule has 1 aliphatic heterocycles. The zero-order valence-corrected chi connectivity index (χ0v) is 9.24. The minimum Gasteiger partial charge on any atom is -0.322 e. The summed E-state index contributed by atoms with van der Waals surface area (Å²) in [6.45, 7) is 0. The maximum absolute atomic E-state index is 5.90. The third kappa shape index (κ3) is 1.86. The lowest BCUT2D eigenvalue weighted by atomic mass is 9.99. The molecule has 1 aliphatic rings. The Hall–Kier alpha value is -0.150. The molecular formula is C9H13ClN2S. The average molecular weight is 217 g/mol. The zero-order valence-electron chi connectivity index (χ0n) is 7.66. The van der Waals surface area contributed by atoms with E-state index >= 15 is 0 Å². The molecule has 0 amide bonds. The van der Waals surface area contributed by atoms with E-state index in [4.69, 9.17) is 11.6 Å². The molecule has 2 nitrogen and oxygen atoms in total. The van der Waals surface area contributed by atoms with Gasteiger partial charge in [0.15, 0.2) is 0 Å². The lowest BCUT2D eigenvalue weighted by Crippen LogP contribution is -2.11. The van der Waals surface area contributed by atoms with Crippen LogP contribution in [-0.4, -0.2) is 21.1 Å². The summed E-state index contributed by atoms with van der Waals surface area (Å²) in [5, 5.41) is 0.605. The van der Waals surface area contributed by atoms with Gasteiger partial charge in [0, 0.05) is 18.7 Å². The first kappa shape index (κ1) is 9.41. The van der Waals surface area contributed by atoms with Gasteiger partial charge in [-0.2, -0.15) is 11.8 Å². The Balaban J connectivity index is 2.18. The summed E-state index contributed by atoms with van der Waals surface area (Å²) in [5.41, 5.74) is 1.30. The highest BCUT2D eigenvalue weighted by molar-refractivity contribution is 7.99. The van der Waals surface area contributed by atoms with Gasteiger partial charge in [-0.1, -0.05) is 0 Å². The highest BCUT2D eigenvalue weighted by Gasteiger charge is 2.19. The third-order valence-electron chi connectivity index (χ3n) is 2.61. The van der Waals surface area contributed by atoms with Crippen LogP contribution in [0.3, 0.4) is 0 Å². The molecule has 1 aromatic rings. The number of rotatable bonds is 1. The van der Waals surface area contributed by atoms with Crippen molar-refractivity contribution < 1.29 is 0 Å². The van der Waals surface area contributed by atoms with Crippen LogP contribution < -0.4 is 0 Å². The maximum atomic E-state index is 5.90. The first-order chi connectivity index (χ1) is 6.29. The Labute approximate surface area is 87.7 Å². The molecule has 0 aromatic carbocycles. The molecule has 0 spiro atoms. The van der Waals surface area contributed by atoms with Crippen molar-refractivity contribution in [1.29, 1.82) is 0 Å². The molecule has 2 heterocycles. The molecule has 0 aliphatic carbocycles. The Morgan fingerprint density at radius 3 is 2.77 bits per heavy atom. The summed E-state index contributed by atoms with van der Waals surface area (Å²) in [6.07, 6.45) is 4.45. The number of hydrogen-bond donors (Lipinski definition) is 0. The van der Waals surface area contributed by atoms with Crippen LogP contribution in [0.25, 0.3) is 0 Å². The average Bonchev–Trinajstić information content (AvgIpc) is 2.49. The van der Waals surface area contributed by atoms with Crippen LogP contribution in [0.15, 0.2) is 6.20 Å². The van der Waals surface area contributed by atoms with Gasteiger partial charge >= 0.3 is 0 Å². The van der Waals surface area contributed by atoms with E-state index in [0.29, 0.717) is 11.2 Å². The Morgan fingerprint density at radius 2 is 2.23 bits per heavy atom. The van der Waals surface area contributed by atoms with Crippen molar-refractivity contribution >= 4 is 23.4 Å². The van der Waals surface area contributed by atoms with Crippen molar-refractivity contribution in [2.24, 2.45) is 7.05 Å². The third-order valence-corrected chi connectivity index (χ3v) is 4.01. The molecule has 0 atom stereocenters. The van der Waals surface area contributed by atoms with E-state index in [1.807, 2.05) is 29.6 Å². The fourth-order valence-corrected chi connectivity index (χ4v) is 3.02. The number of imidazole rings is 1. The Bertz CT molecular complexity index is 292. The SMILES string of the molecule is Cn1c(C2CCSCC2)cnc1Cl. The zero-order chi connectivity index (χ0) is 9.26. The summed E-state index contributed by atoms with van der Waals surface area (Å²) in [7, 11) is 1.99.